The third kappa shape index (κ3) is 2.15. The molecule has 1 atom stereocenters. The maximum atomic E-state index is 6.56. The van der Waals surface area contributed by atoms with Crippen LogP contribution in [0.15, 0.2) is 6.07 Å². The van der Waals surface area contributed by atoms with Gasteiger partial charge in [0.25, 0.3) is 0 Å². The molecule has 0 aromatic heterocycles. The molecule has 106 valence electrons. The van der Waals surface area contributed by atoms with Crippen LogP contribution in [0.4, 0.5) is 0 Å². The maximum absolute atomic E-state index is 6.56. The van der Waals surface area contributed by atoms with Gasteiger partial charge in [-0.05, 0) is 62.4 Å². The molecule has 1 saturated carbocycles. The summed E-state index contributed by atoms with van der Waals surface area (Å²) in [6, 6.07) is 2.22. The van der Waals surface area contributed by atoms with Crippen LogP contribution in [0.2, 0.25) is 0 Å². The highest BCUT2D eigenvalue weighted by molar-refractivity contribution is 5.50. The minimum absolute atomic E-state index is 0.0366. The molecule has 0 amide bonds. The normalized spacial score (nSPS) is 18.8. The van der Waals surface area contributed by atoms with E-state index in [4.69, 9.17) is 16.2 Å². The van der Waals surface area contributed by atoms with Crippen molar-refractivity contribution in [2.45, 2.75) is 46.1 Å². The zero-order chi connectivity index (χ0) is 14.2. The first kappa shape index (κ1) is 14.4. The van der Waals surface area contributed by atoms with Crippen LogP contribution in [0, 0.1) is 26.2 Å². The first-order valence-electron chi connectivity index (χ1n) is 7.07. The Kier molecular flexibility index (Phi) is 3.88. The Hall–Kier alpha value is -1.06. The SMILES string of the molecule is COc1c(C)cc(C(N)C2(CN)CCC2)c(C)c1C. The molecule has 19 heavy (non-hydrogen) atoms. The van der Waals surface area contributed by atoms with E-state index in [-0.39, 0.29) is 11.5 Å². The lowest BCUT2D eigenvalue weighted by atomic mass is 9.62. The average Bonchev–Trinajstić information content (AvgIpc) is 2.33. The molecule has 3 heteroatoms. The Morgan fingerprint density at radius 2 is 1.89 bits per heavy atom. The Morgan fingerprint density at radius 1 is 1.26 bits per heavy atom. The zero-order valence-corrected chi connectivity index (χ0v) is 12.5. The molecule has 1 aliphatic carbocycles. The van der Waals surface area contributed by atoms with Gasteiger partial charge in [-0.15, -0.1) is 0 Å². The van der Waals surface area contributed by atoms with Crippen molar-refractivity contribution in [3.8, 4) is 5.75 Å². The van der Waals surface area contributed by atoms with Gasteiger partial charge in [0.2, 0.25) is 0 Å². The van der Waals surface area contributed by atoms with Gasteiger partial charge in [0.05, 0.1) is 7.11 Å². The van der Waals surface area contributed by atoms with Gasteiger partial charge in [0.15, 0.2) is 0 Å². The van der Waals surface area contributed by atoms with Crippen LogP contribution in [-0.4, -0.2) is 13.7 Å². The number of hydrogen-bond donors (Lipinski definition) is 2. The summed E-state index contributed by atoms with van der Waals surface area (Å²) in [5.41, 5.74) is 17.5. The van der Waals surface area contributed by atoms with Crippen molar-refractivity contribution in [1.29, 1.82) is 0 Å². The summed E-state index contributed by atoms with van der Waals surface area (Å²) in [6.07, 6.45) is 3.54. The molecule has 0 aliphatic heterocycles. The van der Waals surface area contributed by atoms with E-state index in [9.17, 15) is 0 Å². The van der Waals surface area contributed by atoms with Gasteiger partial charge < -0.3 is 16.2 Å². The van der Waals surface area contributed by atoms with Crippen molar-refractivity contribution in [3.05, 3.63) is 28.3 Å². The molecule has 1 aromatic rings. The van der Waals surface area contributed by atoms with Crippen molar-refractivity contribution >= 4 is 0 Å². The number of rotatable bonds is 4. The van der Waals surface area contributed by atoms with Crippen molar-refractivity contribution in [1.82, 2.24) is 0 Å². The van der Waals surface area contributed by atoms with E-state index < -0.39 is 0 Å². The lowest BCUT2D eigenvalue weighted by molar-refractivity contribution is 0.104. The minimum Gasteiger partial charge on any atom is -0.496 e. The van der Waals surface area contributed by atoms with Gasteiger partial charge in [0.1, 0.15) is 5.75 Å². The van der Waals surface area contributed by atoms with Crippen LogP contribution in [0.25, 0.3) is 0 Å². The van der Waals surface area contributed by atoms with E-state index in [1.165, 1.54) is 23.1 Å². The first-order valence-corrected chi connectivity index (χ1v) is 7.07. The molecule has 0 heterocycles. The summed E-state index contributed by atoms with van der Waals surface area (Å²) < 4.78 is 5.48. The highest BCUT2D eigenvalue weighted by Gasteiger charge is 2.42. The summed E-state index contributed by atoms with van der Waals surface area (Å²) in [5.74, 6) is 0.976. The number of hydrogen-bond acceptors (Lipinski definition) is 3. The summed E-state index contributed by atoms with van der Waals surface area (Å²) in [7, 11) is 1.72. The van der Waals surface area contributed by atoms with E-state index in [2.05, 4.69) is 26.8 Å². The first-order chi connectivity index (χ1) is 8.96. The standard InChI is InChI=1S/C16H26N2O/c1-10-8-13(11(2)12(3)14(10)19-4)15(18)16(9-17)6-5-7-16/h8,15H,5-7,9,17-18H2,1-4H3. The van der Waals surface area contributed by atoms with Crippen molar-refractivity contribution < 1.29 is 4.74 Å². The number of nitrogens with two attached hydrogens (primary N) is 2. The largest absolute Gasteiger partial charge is 0.496 e. The lowest BCUT2D eigenvalue weighted by Crippen LogP contribution is -2.46. The predicted octanol–water partition coefficient (Wildman–Crippen LogP) is 2.75. The molecule has 4 N–H and O–H groups in total. The molecule has 1 fully saturated rings. The lowest BCUT2D eigenvalue weighted by Gasteiger charge is -2.46. The van der Waals surface area contributed by atoms with Crippen molar-refractivity contribution in [2.24, 2.45) is 16.9 Å². The van der Waals surface area contributed by atoms with E-state index in [1.807, 2.05) is 0 Å². The fourth-order valence-corrected chi connectivity index (χ4v) is 3.33. The number of aryl methyl sites for hydroxylation is 1. The van der Waals surface area contributed by atoms with E-state index in [0.717, 1.165) is 24.2 Å². The Balaban J connectivity index is 2.46. The van der Waals surface area contributed by atoms with Crippen LogP contribution in [0.5, 0.6) is 5.75 Å². The van der Waals surface area contributed by atoms with E-state index >= 15 is 0 Å². The van der Waals surface area contributed by atoms with E-state index in [1.54, 1.807) is 7.11 Å². The topological polar surface area (TPSA) is 61.3 Å². The number of methoxy groups -OCH3 is 1. The Morgan fingerprint density at radius 3 is 2.32 bits per heavy atom. The summed E-state index contributed by atoms with van der Waals surface area (Å²) in [4.78, 5) is 0. The van der Waals surface area contributed by atoms with Crippen LogP contribution < -0.4 is 16.2 Å². The fourth-order valence-electron chi connectivity index (χ4n) is 3.33. The third-order valence-electron chi connectivity index (χ3n) is 5.02. The molecule has 1 unspecified atom stereocenters. The molecular weight excluding hydrogens is 236 g/mol. The summed E-state index contributed by atoms with van der Waals surface area (Å²) in [5, 5.41) is 0. The van der Waals surface area contributed by atoms with Gasteiger partial charge in [-0.1, -0.05) is 12.5 Å². The number of benzene rings is 1. The Bertz CT molecular complexity index is 473. The second kappa shape index (κ2) is 5.14. The third-order valence-corrected chi connectivity index (χ3v) is 5.02. The molecule has 0 bridgehead atoms. The predicted molar refractivity (Wildman–Crippen MR) is 79.5 cm³/mol. The Labute approximate surface area is 116 Å². The zero-order valence-electron chi connectivity index (χ0n) is 12.5. The van der Waals surface area contributed by atoms with E-state index in [0.29, 0.717) is 6.54 Å². The summed E-state index contributed by atoms with van der Waals surface area (Å²) in [6.45, 7) is 7.00. The molecule has 0 spiro atoms. The van der Waals surface area contributed by atoms with Gasteiger partial charge in [-0.3, -0.25) is 0 Å². The summed E-state index contributed by atoms with van der Waals surface area (Å²) >= 11 is 0. The highest BCUT2D eigenvalue weighted by atomic mass is 16.5. The van der Waals surface area contributed by atoms with Crippen LogP contribution in [0.3, 0.4) is 0 Å². The molecule has 2 rings (SSSR count). The maximum Gasteiger partial charge on any atom is 0.124 e. The second-order valence-electron chi connectivity index (χ2n) is 5.96. The van der Waals surface area contributed by atoms with Gasteiger partial charge in [0, 0.05) is 11.5 Å². The minimum atomic E-state index is 0.0366. The smallest absolute Gasteiger partial charge is 0.124 e. The van der Waals surface area contributed by atoms with Crippen LogP contribution >= 0.6 is 0 Å². The van der Waals surface area contributed by atoms with Crippen LogP contribution in [0.1, 0.15) is 47.6 Å². The van der Waals surface area contributed by atoms with Gasteiger partial charge >= 0.3 is 0 Å². The second-order valence-corrected chi connectivity index (χ2v) is 5.96. The molecule has 3 nitrogen and oxygen atoms in total. The molecular formula is C16H26N2O. The van der Waals surface area contributed by atoms with Crippen molar-refractivity contribution in [2.75, 3.05) is 13.7 Å². The van der Waals surface area contributed by atoms with Gasteiger partial charge in [-0.25, -0.2) is 0 Å². The van der Waals surface area contributed by atoms with Crippen molar-refractivity contribution in [3.63, 3.8) is 0 Å². The van der Waals surface area contributed by atoms with Crippen LogP contribution in [-0.2, 0) is 0 Å². The quantitative estimate of drug-likeness (QED) is 0.877. The molecule has 0 radical (unpaired) electrons. The average molecular weight is 262 g/mol. The molecule has 1 aliphatic rings. The van der Waals surface area contributed by atoms with Gasteiger partial charge in [-0.2, -0.15) is 0 Å². The molecule has 1 aromatic carbocycles. The number of ether oxygens (including phenoxy) is 1. The monoisotopic (exact) mass is 262 g/mol. The molecule has 0 saturated heterocycles. The highest BCUT2D eigenvalue weighted by Crippen LogP contribution is 2.49. The fraction of sp³-hybridized carbons (Fsp3) is 0.625.